The van der Waals surface area contributed by atoms with Gasteiger partial charge in [-0.3, -0.25) is 13.9 Å². The van der Waals surface area contributed by atoms with Gasteiger partial charge in [0.25, 0.3) is 0 Å². The second-order valence-electron chi connectivity index (χ2n) is 8.97. The van der Waals surface area contributed by atoms with Crippen molar-refractivity contribution in [3.05, 3.63) is 64.7 Å². The SMILES string of the molecule is CC(C)NC(=O)[C@@H](C)N(Cc1ccccc1Cl)C(=O)CN(c1ccc(C(C)C)cc1)S(C)(=O)=O. The summed E-state index contributed by atoms with van der Waals surface area (Å²) in [5.41, 5.74) is 2.11. The van der Waals surface area contributed by atoms with E-state index in [0.717, 1.165) is 16.1 Å². The molecule has 2 aromatic carbocycles. The lowest BCUT2D eigenvalue weighted by Gasteiger charge is -2.32. The van der Waals surface area contributed by atoms with Crippen molar-refractivity contribution in [3.63, 3.8) is 0 Å². The summed E-state index contributed by atoms with van der Waals surface area (Å²) in [6, 6.07) is 13.2. The minimum absolute atomic E-state index is 0.0646. The van der Waals surface area contributed by atoms with Gasteiger partial charge in [0.05, 0.1) is 11.9 Å². The molecule has 34 heavy (non-hydrogen) atoms. The maximum Gasteiger partial charge on any atom is 0.244 e. The molecule has 0 heterocycles. The quantitative estimate of drug-likeness (QED) is 0.523. The van der Waals surface area contributed by atoms with Gasteiger partial charge in [-0.15, -0.1) is 0 Å². The zero-order valence-electron chi connectivity index (χ0n) is 20.6. The number of anilines is 1. The fraction of sp³-hybridized carbons (Fsp3) is 0.440. The molecular formula is C25H34ClN3O4S. The first-order valence-corrected chi connectivity index (χ1v) is 13.4. The van der Waals surface area contributed by atoms with Crippen molar-refractivity contribution in [1.82, 2.24) is 10.2 Å². The maximum absolute atomic E-state index is 13.5. The highest BCUT2D eigenvalue weighted by Gasteiger charge is 2.30. The van der Waals surface area contributed by atoms with Crippen LogP contribution in [0.1, 0.15) is 51.7 Å². The van der Waals surface area contributed by atoms with Gasteiger partial charge >= 0.3 is 0 Å². The van der Waals surface area contributed by atoms with Crippen LogP contribution in [0.5, 0.6) is 0 Å². The number of nitrogens with zero attached hydrogens (tertiary/aromatic N) is 2. The van der Waals surface area contributed by atoms with Crippen LogP contribution in [0.4, 0.5) is 5.69 Å². The highest BCUT2D eigenvalue weighted by atomic mass is 35.5. The van der Waals surface area contributed by atoms with E-state index in [2.05, 4.69) is 5.32 Å². The highest BCUT2D eigenvalue weighted by molar-refractivity contribution is 7.92. The summed E-state index contributed by atoms with van der Waals surface area (Å²) in [6.45, 7) is 8.99. The van der Waals surface area contributed by atoms with Crippen LogP contribution >= 0.6 is 11.6 Å². The largest absolute Gasteiger partial charge is 0.352 e. The van der Waals surface area contributed by atoms with Gasteiger partial charge in [-0.1, -0.05) is 55.8 Å². The van der Waals surface area contributed by atoms with Gasteiger partial charge in [-0.05, 0) is 56.0 Å². The monoisotopic (exact) mass is 507 g/mol. The van der Waals surface area contributed by atoms with Crippen molar-refractivity contribution in [2.45, 2.75) is 59.2 Å². The van der Waals surface area contributed by atoms with E-state index in [9.17, 15) is 18.0 Å². The summed E-state index contributed by atoms with van der Waals surface area (Å²) in [5.74, 6) is -0.555. The van der Waals surface area contributed by atoms with E-state index in [1.54, 1.807) is 43.3 Å². The smallest absolute Gasteiger partial charge is 0.244 e. The zero-order chi connectivity index (χ0) is 25.6. The first-order chi connectivity index (χ1) is 15.8. The molecule has 0 unspecified atom stereocenters. The molecule has 0 fully saturated rings. The molecule has 2 rings (SSSR count). The van der Waals surface area contributed by atoms with Crippen LogP contribution in [0.2, 0.25) is 5.02 Å². The van der Waals surface area contributed by atoms with Crippen molar-refractivity contribution in [2.75, 3.05) is 17.1 Å². The van der Waals surface area contributed by atoms with Crippen molar-refractivity contribution in [3.8, 4) is 0 Å². The van der Waals surface area contributed by atoms with E-state index in [1.807, 2.05) is 39.8 Å². The molecule has 186 valence electrons. The van der Waals surface area contributed by atoms with Gasteiger partial charge in [-0.2, -0.15) is 0 Å². The molecule has 7 nitrogen and oxygen atoms in total. The number of hydrogen-bond acceptors (Lipinski definition) is 4. The molecule has 0 bridgehead atoms. The fourth-order valence-electron chi connectivity index (χ4n) is 3.44. The number of carbonyl (C=O) groups excluding carboxylic acids is 2. The summed E-state index contributed by atoms with van der Waals surface area (Å²) < 4.78 is 26.3. The molecule has 0 aliphatic carbocycles. The second-order valence-corrected chi connectivity index (χ2v) is 11.3. The summed E-state index contributed by atoms with van der Waals surface area (Å²) in [6.07, 6.45) is 1.06. The number of halogens is 1. The minimum atomic E-state index is -3.77. The van der Waals surface area contributed by atoms with E-state index in [0.29, 0.717) is 16.3 Å². The Hall–Kier alpha value is -2.58. The zero-order valence-corrected chi connectivity index (χ0v) is 22.2. The molecular weight excluding hydrogens is 474 g/mol. The number of sulfonamides is 1. The van der Waals surface area contributed by atoms with E-state index in [1.165, 1.54) is 4.90 Å². The predicted molar refractivity (Wildman–Crippen MR) is 137 cm³/mol. The Balaban J connectivity index is 2.40. The molecule has 0 radical (unpaired) electrons. The third kappa shape index (κ3) is 7.46. The van der Waals surface area contributed by atoms with Crippen LogP contribution in [-0.2, 0) is 26.2 Å². The van der Waals surface area contributed by atoms with Gasteiger partial charge in [0.15, 0.2) is 0 Å². The second kappa shape index (κ2) is 11.7. The van der Waals surface area contributed by atoms with E-state index >= 15 is 0 Å². The van der Waals surface area contributed by atoms with Crippen LogP contribution in [0.3, 0.4) is 0 Å². The number of rotatable bonds is 10. The summed E-state index contributed by atoms with van der Waals surface area (Å²) in [4.78, 5) is 27.6. The topological polar surface area (TPSA) is 86.8 Å². The predicted octanol–water partition coefficient (Wildman–Crippen LogP) is 4.17. The Bertz CT molecular complexity index is 1100. The number of carbonyl (C=O) groups is 2. The molecule has 1 N–H and O–H groups in total. The average Bonchev–Trinajstić information content (AvgIpc) is 2.75. The van der Waals surface area contributed by atoms with Crippen LogP contribution < -0.4 is 9.62 Å². The third-order valence-electron chi connectivity index (χ3n) is 5.42. The molecule has 0 saturated carbocycles. The molecule has 2 amide bonds. The Morgan fingerprint density at radius 3 is 2.06 bits per heavy atom. The number of hydrogen-bond donors (Lipinski definition) is 1. The van der Waals surface area contributed by atoms with Gasteiger partial charge in [0.1, 0.15) is 12.6 Å². The lowest BCUT2D eigenvalue weighted by Crippen LogP contribution is -2.52. The Morgan fingerprint density at radius 1 is 0.971 bits per heavy atom. The normalized spacial score (nSPS) is 12.5. The van der Waals surface area contributed by atoms with Gasteiger partial charge in [-0.25, -0.2) is 8.42 Å². The molecule has 0 aliphatic heterocycles. The molecule has 1 atom stereocenters. The van der Waals surface area contributed by atoms with Crippen molar-refractivity contribution in [1.29, 1.82) is 0 Å². The van der Waals surface area contributed by atoms with Crippen molar-refractivity contribution >= 4 is 39.1 Å². The molecule has 0 saturated heterocycles. The van der Waals surface area contributed by atoms with E-state index < -0.39 is 28.5 Å². The number of nitrogens with one attached hydrogen (secondary N) is 1. The molecule has 0 aromatic heterocycles. The van der Waals surface area contributed by atoms with Gasteiger partial charge in [0, 0.05) is 17.6 Å². The summed E-state index contributed by atoms with van der Waals surface area (Å²) in [7, 11) is -3.77. The Kier molecular flexibility index (Phi) is 9.53. The van der Waals surface area contributed by atoms with Crippen molar-refractivity contribution < 1.29 is 18.0 Å². The van der Waals surface area contributed by atoms with E-state index in [-0.39, 0.29) is 24.4 Å². The van der Waals surface area contributed by atoms with Crippen LogP contribution in [0.25, 0.3) is 0 Å². The lowest BCUT2D eigenvalue weighted by atomic mass is 10.0. The van der Waals surface area contributed by atoms with E-state index in [4.69, 9.17) is 11.6 Å². The highest BCUT2D eigenvalue weighted by Crippen LogP contribution is 2.23. The molecule has 2 aromatic rings. The minimum Gasteiger partial charge on any atom is -0.352 e. The fourth-order valence-corrected chi connectivity index (χ4v) is 4.48. The van der Waals surface area contributed by atoms with Crippen LogP contribution in [0, 0.1) is 0 Å². The van der Waals surface area contributed by atoms with Crippen LogP contribution in [-0.4, -0.2) is 50.0 Å². The number of benzene rings is 2. The lowest BCUT2D eigenvalue weighted by molar-refractivity contribution is -0.139. The molecule has 0 aliphatic rings. The number of amides is 2. The molecule has 0 spiro atoms. The molecule has 9 heteroatoms. The summed E-state index contributed by atoms with van der Waals surface area (Å²) in [5, 5.41) is 3.27. The van der Waals surface area contributed by atoms with Gasteiger partial charge in [0.2, 0.25) is 21.8 Å². The standard InChI is InChI=1S/C25H34ClN3O4S/c1-17(2)20-11-13-22(14-12-20)29(34(6,32)33)16-24(30)28(19(5)25(31)27-18(3)4)15-21-9-7-8-10-23(21)26/h7-14,17-19H,15-16H2,1-6H3,(H,27,31)/t19-/m1/s1. The first-order valence-electron chi connectivity index (χ1n) is 11.2. The van der Waals surface area contributed by atoms with Crippen LogP contribution in [0.15, 0.2) is 48.5 Å². The Morgan fingerprint density at radius 2 is 1.56 bits per heavy atom. The first kappa shape index (κ1) is 27.7. The third-order valence-corrected chi connectivity index (χ3v) is 6.93. The van der Waals surface area contributed by atoms with Crippen molar-refractivity contribution in [2.24, 2.45) is 0 Å². The summed E-state index contributed by atoms with van der Waals surface area (Å²) >= 11 is 6.31. The van der Waals surface area contributed by atoms with Gasteiger partial charge < -0.3 is 10.2 Å². The average molecular weight is 508 g/mol. The Labute approximate surface area is 208 Å². The maximum atomic E-state index is 13.5.